The topological polar surface area (TPSA) is 54.5 Å². The lowest BCUT2D eigenvalue weighted by molar-refractivity contribution is -0.118. The van der Waals surface area contributed by atoms with E-state index in [0.717, 1.165) is 38.2 Å². The van der Waals surface area contributed by atoms with Gasteiger partial charge in [-0.2, -0.15) is 0 Å². The monoisotopic (exact) mass is 383 g/mol. The van der Waals surface area contributed by atoms with Gasteiger partial charge in [-0.3, -0.25) is 14.7 Å². The van der Waals surface area contributed by atoms with E-state index >= 15 is 0 Å². The average Bonchev–Trinajstić information content (AvgIpc) is 2.70. The summed E-state index contributed by atoms with van der Waals surface area (Å²) in [7, 11) is 1.42. The zero-order valence-electron chi connectivity index (χ0n) is 16.3. The third kappa shape index (κ3) is 5.39. The predicted molar refractivity (Wildman–Crippen MR) is 107 cm³/mol. The number of methoxy groups -OCH3 is 1. The van der Waals surface area contributed by atoms with E-state index in [1.807, 2.05) is 24.4 Å². The van der Waals surface area contributed by atoms with Crippen LogP contribution < -0.4 is 10.1 Å². The van der Waals surface area contributed by atoms with Crippen molar-refractivity contribution in [3.63, 3.8) is 0 Å². The van der Waals surface area contributed by atoms with Gasteiger partial charge < -0.3 is 10.1 Å². The third-order valence-electron chi connectivity index (χ3n) is 4.95. The van der Waals surface area contributed by atoms with Crippen molar-refractivity contribution < 1.29 is 13.9 Å². The number of piperidine rings is 1. The molecular formula is C22H26FN3O2. The number of pyridine rings is 1. The molecule has 0 atom stereocenters. The van der Waals surface area contributed by atoms with Crippen molar-refractivity contribution in [2.75, 3.05) is 20.2 Å². The Kier molecular flexibility index (Phi) is 6.76. The van der Waals surface area contributed by atoms with Gasteiger partial charge >= 0.3 is 0 Å². The second-order valence-corrected chi connectivity index (χ2v) is 7.07. The van der Waals surface area contributed by atoms with Crippen molar-refractivity contribution in [2.45, 2.75) is 32.4 Å². The number of benzene rings is 1. The maximum Gasteiger partial charge on any atom is 0.247 e. The Labute approximate surface area is 165 Å². The Balaban J connectivity index is 1.50. The minimum Gasteiger partial charge on any atom is -0.494 e. The van der Waals surface area contributed by atoms with Crippen molar-refractivity contribution >= 4 is 12.0 Å². The molecule has 2 aromatic rings. The number of likely N-dealkylation sites (tertiary alicyclic amines) is 1. The number of carbonyl (C=O) groups excluding carboxylic acids is 1. The summed E-state index contributed by atoms with van der Waals surface area (Å²) < 4.78 is 18.7. The van der Waals surface area contributed by atoms with Gasteiger partial charge in [-0.05, 0) is 55.7 Å². The number of hydrogen-bond acceptors (Lipinski definition) is 4. The number of rotatable bonds is 6. The summed E-state index contributed by atoms with van der Waals surface area (Å²) in [5.41, 5.74) is 2.26. The molecule has 148 valence electrons. The van der Waals surface area contributed by atoms with Crippen molar-refractivity contribution in [1.29, 1.82) is 0 Å². The first-order valence-electron chi connectivity index (χ1n) is 9.50. The molecule has 1 aliphatic rings. The van der Waals surface area contributed by atoms with E-state index in [-0.39, 0.29) is 17.7 Å². The highest BCUT2D eigenvalue weighted by Gasteiger charge is 2.21. The summed E-state index contributed by atoms with van der Waals surface area (Å²) in [6, 6.07) is 10.8. The summed E-state index contributed by atoms with van der Waals surface area (Å²) in [5.74, 6) is -0.360. The van der Waals surface area contributed by atoms with Crippen LogP contribution in [0.1, 0.15) is 31.0 Å². The predicted octanol–water partition coefficient (Wildman–Crippen LogP) is 3.41. The molecule has 0 saturated carbocycles. The van der Waals surface area contributed by atoms with Crippen LogP contribution in [0.2, 0.25) is 0 Å². The fourth-order valence-electron chi connectivity index (χ4n) is 3.34. The van der Waals surface area contributed by atoms with Crippen molar-refractivity contribution in [3.8, 4) is 5.75 Å². The molecule has 3 rings (SSSR count). The molecule has 1 N–H and O–H groups in total. The van der Waals surface area contributed by atoms with Crippen molar-refractivity contribution in [1.82, 2.24) is 15.2 Å². The summed E-state index contributed by atoms with van der Waals surface area (Å²) in [6.45, 7) is 4.43. The highest BCUT2D eigenvalue weighted by molar-refractivity contribution is 5.97. The molecular weight excluding hydrogens is 357 g/mol. The van der Waals surface area contributed by atoms with E-state index < -0.39 is 5.82 Å². The van der Waals surface area contributed by atoms with Gasteiger partial charge in [-0.1, -0.05) is 12.1 Å². The van der Waals surface area contributed by atoms with Gasteiger partial charge in [0.25, 0.3) is 0 Å². The minimum atomic E-state index is -0.440. The molecule has 6 heteroatoms. The SMILES string of the molecule is COc1ccc(C=C(C)C(=O)NC2CCN(Cc3ccccn3)CC2)cc1F. The molecule has 1 aromatic carbocycles. The normalized spacial score (nSPS) is 16.0. The first kappa shape index (κ1) is 20.0. The van der Waals surface area contributed by atoms with Gasteiger partial charge in [-0.15, -0.1) is 0 Å². The third-order valence-corrected chi connectivity index (χ3v) is 4.95. The maximum absolute atomic E-state index is 13.8. The number of carbonyl (C=O) groups is 1. The van der Waals surface area contributed by atoms with E-state index in [2.05, 4.69) is 15.2 Å². The zero-order chi connectivity index (χ0) is 19.9. The Hall–Kier alpha value is -2.73. The second-order valence-electron chi connectivity index (χ2n) is 7.07. The molecule has 5 nitrogen and oxygen atoms in total. The largest absolute Gasteiger partial charge is 0.494 e. The highest BCUT2D eigenvalue weighted by atomic mass is 19.1. The molecule has 1 aromatic heterocycles. The molecule has 0 aliphatic carbocycles. The molecule has 1 fully saturated rings. The zero-order valence-corrected chi connectivity index (χ0v) is 16.3. The molecule has 0 radical (unpaired) electrons. The Morgan fingerprint density at radius 1 is 1.32 bits per heavy atom. The van der Waals surface area contributed by atoms with E-state index in [9.17, 15) is 9.18 Å². The van der Waals surface area contributed by atoms with Gasteiger partial charge in [0.05, 0.1) is 12.8 Å². The van der Waals surface area contributed by atoms with Crippen LogP contribution in [-0.4, -0.2) is 42.0 Å². The summed E-state index contributed by atoms with van der Waals surface area (Å²) in [6.07, 6.45) is 5.31. The van der Waals surface area contributed by atoms with E-state index in [1.165, 1.54) is 13.2 Å². The lowest BCUT2D eigenvalue weighted by Gasteiger charge is -2.32. The summed E-state index contributed by atoms with van der Waals surface area (Å²) in [4.78, 5) is 19.2. The number of nitrogens with one attached hydrogen (secondary N) is 1. The van der Waals surface area contributed by atoms with Crippen molar-refractivity contribution in [3.05, 3.63) is 65.2 Å². The van der Waals surface area contributed by atoms with Gasteiger partial charge in [0.1, 0.15) is 0 Å². The summed E-state index contributed by atoms with van der Waals surface area (Å²) in [5, 5.41) is 3.09. The van der Waals surface area contributed by atoms with Gasteiger partial charge in [-0.25, -0.2) is 4.39 Å². The number of ether oxygens (including phenoxy) is 1. The number of halogens is 1. The number of amides is 1. The van der Waals surface area contributed by atoms with Crippen LogP contribution in [0, 0.1) is 5.82 Å². The lowest BCUT2D eigenvalue weighted by Crippen LogP contribution is -2.44. The first-order chi connectivity index (χ1) is 13.5. The van der Waals surface area contributed by atoms with Crippen molar-refractivity contribution in [2.24, 2.45) is 0 Å². The standard InChI is InChI=1S/C22H26FN3O2/c1-16(13-17-6-7-21(28-2)20(23)14-17)22(27)25-18-8-11-26(12-9-18)15-19-5-3-4-10-24-19/h3-7,10,13-14,18H,8-9,11-12,15H2,1-2H3,(H,25,27). The number of aromatic nitrogens is 1. The van der Waals surface area contributed by atoms with Crippen LogP contribution in [0.5, 0.6) is 5.75 Å². The molecule has 0 spiro atoms. The molecule has 1 aliphatic heterocycles. The van der Waals surface area contributed by atoms with E-state index in [1.54, 1.807) is 25.1 Å². The number of nitrogens with zero attached hydrogens (tertiary/aromatic N) is 2. The van der Waals surface area contributed by atoms with Crippen LogP contribution in [-0.2, 0) is 11.3 Å². The fourth-order valence-corrected chi connectivity index (χ4v) is 3.34. The maximum atomic E-state index is 13.8. The van der Waals surface area contributed by atoms with E-state index in [0.29, 0.717) is 11.1 Å². The first-order valence-corrected chi connectivity index (χ1v) is 9.50. The molecule has 2 heterocycles. The lowest BCUT2D eigenvalue weighted by atomic mass is 10.0. The van der Waals surface area contributed by atoms with Gasteiger partial charge in [0.15, 0.2) is 11.6 Å². The van der Waals surface area contributed by atoms with Crippen LogP contribution >= 0.6 is 0 Å². The average molecular weight is 383 g/mol. The highest BCUT2D eigenvalue weighted by Crippen LogP contribution is 2.19. The Morgan fingerprint density at radius 2 is 2.11 bits per heavy atom. The molecule has 0 bridgehead atoms. The summed E-state index contributed by atoms with van der Waals surface area (Å²) >= 11 is 0. The van der Waals surface area contributed by atoms with Crippen LogP contribution in [0.25, 0.3) is 6.08 Å². The molecule has 0 unspecified atom stereocenters. The Morgan fingerprint density at radius 3 is 2.75 bits per heavy atom. The number of hydrogen-bond donors (Lipinski definition) is 1. The van der Waals surface area contributed by atoms with Crippen LogP contribution in [0.4, 0.5) is 4.39 Å². The van der Waals surface area contributed by atoms with Gasteiger partial charge in [0.2, 0.25) is 5.91 Å². The van der Waals surface area contributed by atoms with Crippen LogP contribution in [0.15, 0.2) is 48.2 Å². The second kappa shape index (κ2) is 9.46. The van der Waals surface area contributed by atoms with Crippen LogP contribution in [0.3, 0.4) is 0 Å². The van der Waals surface area contributed by atoms with E-state index in [4.69, 9.17) is 4.74 Å². The Bertz CT molecular complexity index is 831. The molecule has 1 saturated heterocycles. The fraction of sp³-hybridized carbons (Fsp3) is 0.364. The smallest absolute Gasteiger partial charge is 0.247 e. The molecule has 28 heavy (non-hydrogen) atoms. The van der Waals surface area contributed by atoms with Gasteiger partial charge in [0, 0.05) is 37.4 Å². The minimum absolute atomic E-state index is 0.112. The quantitative estimate of drug-likeness (QED) is 0.777. The molecule has 1 amide bonds.